The van der Waals surface area contributed by atoms with E-state index in [1.165, 1.54) is 23.1 Å². The molecular formula is C25H25F5N6O2. The molecule has 0 spiro atoms. The molecule has 0 saturated carbocycles. The van der Waals surface area contributed by atoms with Crippen molar-refractivity contribution in [1.29, 1.82) is 0 Å². The third-order valence-corrected chi connectivity index (χ3v) is 6.16. The van der Waals surface area contributed by atoms with Gasteiger partial charge in [0.15, 0.2) is 0 Å². The first-order valence-corrected chi connectivity index (χ1v) is 11.8. The van der Waals surface area contributed by atoms with Crippen molar-refractivity contribution in [2.45, 2.75) is 37.9 Å². The number of likely N-dealkylation sites (tertiary alicyclic amines) is 1. The van der Waals surface area contributed by atoms with Crippen molar-refractivity contribution >= 4 is 11.7 Å². The van der Waals surface area contributed by atoms with Crippen LogP contribution in [0.15, 0.2) is 42.6 Å². The van der Waals surface area contributed by atoms with Crippen molar-refractivity contribution in [2.75, 3.05) is 25.0 Å². The van der Waals surface area contributed by atoms with Crippen molar-refractivity contribution < 1.29 is 31.5 Å². The molecule has 3 aromatic rings. The van der Waals surface area contributed by atoms with Crippen LogP contribution in [0.5, 0.6) is 5.88 Å². The summed E-state index contributed by atoms with van der Waals surface area (Å²) in [7, 11) is 0. The van der Waals surface area contributed by atoms with Gasteiger partial charge in [-0.2, -0.15) is 13.2 Å². The number of aromatic nitrogens is 3. The van der Waals surface area contributed by atoms with E-state index in [-0.39, 0.29) is 18.4 Å². The van der Waals surface area contributed by atoms with E-state index in [0.717, 1.165) is 18.2 Å². The summed E-state index contributed by atoms with van der Waals surface area (Å²) in [5, 5.41) is 2.29. The van der Waals surface area contributed by atoms with Crippen LogP contribution in [0.1, 0.15) is 47.6 Å². The molecule has 3 N–H and O–H groups in total. The molecule has 3 heterocycles. The number of pyridine rings is 1. The van der Waals surface area contributed by atoms with Gasteiger partial charge < -0.3 is 20.7 Å². The van der Waals surface area contributed by atoms with E-state index in [4.69, 9.17) is 10.5 Å². The van der Waals surface area contributed by atoms with Gasteiger partial charge in [0.2, 0.25) is 5.88 Å². The monoisotopic (exact) mass is 536 g/mol. The van der Waals surface area contributed by atoms with E-state index in [1.54, 1.807) is 13.1 Å². The number of aryl methyl sites for hydroxylation is 1. The second-order valence-electron chi connectivity index (χ2n) is 8.82. The number of amides is 2. The van der Waals surface area contributed by atoms with E-state index in [1.807, 2.05) is 0 Å². The summed E-state index contributed by atoms with van der Waals surface area (Å²) in [5.41, 5.74) is 5.96. The second kappa shape index (κ2) is 11.3. The number of nitrogens with two attached hydrogens (primary N) is 1. The third kappa shape index (κ3) is 6.33. The predicted molar refractivity (Wildman–Crippen MR) is 127 cm³/mol. The van der Waals surface area contributed by atoms with Gasteiger partial charge in [0, 0.05) is 36.8 Å². The SMILES string of the molecule is Cc1ncc(C(N)COc2cccc(C(F)(F)F)n2)c(C2CCN(C(=O)Nc3c(F)cccc3F)CC2)n1. The predicted octanol–water partition coefficient (Wildman–Crippen LogP) is 4.97. The zero-order valence-electron chi connectivity index (χ0n) is 20.3. The highest BCUT2D eigenvalue weighted by molar-refractivity contribution is 5.89. The van der Waals surface area contributed by atoms with Crippen molar-refractivity contribution in [3.8, 4) is 5.88 Å². The number of rotatable bonds is 6. The van der Waals surface area contributed by atoms with Crippen LogP contribution in [0.3, 0.4) is 0 Å². The lowest BCUT2D eigenvalue weighted by atomic mass is 9.89. The molecule has 2 amide bonds. The number of benzene rings is 1. The van der Waals surface area contributed by atoms with Crippen LogP contribution >= 0.6 is 0 Å². The van der Waals surface area contributed by atoms with Gasteiger partial charge in [-0.3, -0.25) is 0 Å². The van der Waals surface area contributed by atoms with Crippen LogP contribution in [0.25, 0.3) is 0 Å². The number of anilines is 1. The minimum absolute atomic E-state index is 0.0984. The van der Waals surface area contributed by atoms with Gasteiger partial charge in [0.1, 0.15) is 35.4 Å². The maximum absolute atomic E-state index is 13.9. The number of nitrogens with one attached hydrogen (secondary N) is 1. The number of alkyl halides is 3. The van der Waals surface area contributed by atoms with Crippen molar-refractivity contribution in [3.63, 3.8) is 0 Å². The fourth-order valence-corrected chi connectivity index (χ4v) is 4.19. The molecule has 1 aromatic carbocycles. The van der Waals surface area contributed by atoms with Crippen molar-refractivity contribution in [2.24, 2.45) is 5.73 Å². The average Bonchev–Trinajstić information content (AvgIpc) is 2.89. The Morgan fingerprint density at radius 1 is 1.13 bits per heavy atom. The van der Waals surface area contributed by atoms with Crippen molar-refractivity contribution in [3.05, 3.63) is 77.0 Å². The summed E-state index contributed by atoms with van der Waals surface area (Å²) in [6.07, 6.45) is -2.04. The highest BCUT2D eigenvalue weighted by Gasteiger charge is 2.33. The van der Waals surface area contributed by atoms with E-state index in [0.29, 0.717) is 43.0 Å². The van der Waals surface area contributed by atoms with Crippen LogP contribution in [-0.4, -0.2) is 45.6 Å². The fraction of sp³-hybridized carbons (Fsp3) is 0.360. The minimum atomic E-state index is -4.60. The highest BCUT2D eigenvalue weighted by atomic mass is 19.4. The molecule has 1 aliphatic heterocycles. The quantitative estimate of drug-likeness (QED) is 0.431. The first-order valence-electron chi connectivity index (χ1n) is 11.8. The molecule has 0 aliphatic carbocycles. The van der Waals surface area contributed by atoms with Gasteiger partial charge in [-0.1, -0.05) is 12.1 Å². The van der Waals surface area contributed by atoms with E-state index < -0.39 is 41.3 Å². The number of piperidine rings is 1. The summed E-state index contributed by atoms with van der Waals surface area (Å²) in [6, 6.07) is 5.29. The Kier molecular flexibility index (Phi) is 8.05. The number of carbonyl (C=O) groups is 1. The van der Waals surface area contributed by atoms with Crippen LogP contribution in [0.2, 0.25) is 0 Å². The molecule has 8 nitrogen and oxygen atoms in total. The van der Waals surface area contributed by atoms with Gasteiger partial charge in [-0.05, 0) is 38.0 Å². The molecule has 1 aliphatic rings. The Hall–Kier alpha value is -3.87. The Bertz CT molecular complexity index is 1280. The summed E-state index contributed by atoms with van der Waals surface area (Å²) in [4.78, 5) is 26.3. The first-order chi connectivity index (χ1) is 18.0. The lowest BCUT2D eigenvalue weighted by Crippen LogP contribution is -2.41. The molecule has 38 heavy (non-hydrogen) atoms. The molecular weight excluding hydrogens is 511 g/mol. The zero-order chi connectivity index (χ0) is 27.4. The first kappa shape index (κ1) is 27.2. The molecule has 202 valence electrons. The van der Waals surface area contributed by atoms with Gasteiger partial charge in [-0.25, -0.2) is 28.5 Å². The minimum Gasteiger partial charge on any atom is -0.476 e. The standard InChI is InChI=1S/C25H25F5N6O2/c1-14-32-12-16(19(31)13-38-21-7-3-6-20(34-21)25(28,29)30)22(33-14)15-8-10-36(11-9-15)24(37)35-23-17(26)4-2-5-18(23)27/h2-7,12,15,19H,8-11,13,31H2,1H3,(H,35,37). The molecule has 13 heteroatoms. The van der Waals surface area contributed by atoms with Crippen LogP contribution < -0.4 is 15.8 Å². The Morgan fingerprint density at radius 2 is 1.79 bits per heavy atom. The van der Waals surface area contributed by atoms with Gasteiger partial charge in [0.25, 0.3) is 0 Å². The second-order valence-corrected chi connectivity index (χ2v) is 8.82. The lowest BCUT2D eigenvalue weighted by Gasteiger charge is -2.33. The zero-order valence-corrected chi connectivity index (χ0v) is 20.3. The lowest BCUT2D eigenvalue weighted by molar-refractivity contribution is -0.141. The maximum atomic E-state index is 13.9. The largest absolute Gasteiger partial charge is 0.476 e. The average molecular weight is 537 g/mol. The van der Waals surface area contributed by atoms with Gasteiger partial charge in [-0.15, -0.1) is 0 Å². The number of ether oxygens (including phenoxy) is 1. The highest BCUT2D eigenvalue weighted by Crippen LogP contribution is 2.32. The molecule has 0 bridgehead atoms. The molecule has 0 radical (unpaired) electrons. The normalized spacial score (nSPS) is 15.3. The topological polar surface area (TPSA) is 106 Å². The number of nitrogens with zero attached hydrogens (tertiary/aromatic N) is 4. The van der Waals surface area contributed by atoms with Crippen LogP contribution in [0.4, 0.5) is 32.4 Å². The van der Waals surface area contributed by atoms with Gasteiger partial charge >= 0.3 is 12.2 Å². The van der Waals surface area contributed by atoms with E-state index in [2.05, 4.69) is 20.3 Å². The fourth-order valence-electron chi connectivity index (χ4n) is 4.19. The molecule has 2 aromatic heterocycles. The number of hydrogen-bond donors (Lipinski definition) is 2. The Morgan fingerprint density at radius 3 is 2.45 bits per heavy atom. The van der Waals surface area contributed by atoms with Crippen LogP contribution in [0, 0.1) is 18.6 Å². The maximum Gasteiger partial charge on any atom is 0.433 e. The van der Waals surface area contributed by atoms with Crippen molar-refractivity contribution in [1.82, 2.24) is 19.9 Å². The van der Waals surface area contributed by atoms with Crippen LogP contribution in [-0.2, 0) is 6.18 Å². The summed E-state index contributed by atoms with van der Waals surface area (Å²) >= 11 is 0. The van der Waals surface area contributed by atoms with E-state index >= 15 is 0 Å². The molecule has 1 fully saturated rings. The van der Waals surface area contributed by atoms with Gasteiger partial charge in [0.05, 0.1) is 11.7 Å². The van der Waals surface area contributed by atoms with E-state index in [9.17, 15) is 26.7 Å². The number of urea groups is 1. The number of hydrogen-bond acceptors (Lipinski definition) is 6. The molecule has 1 atom stereocenters. The Balaban J connectivity index is 1.41. The molecule has 1 unspecified atom stereocenters. The Labute approximate surface area is 215 Å². The molecule has 1 saturated heterocycles. The number of halogens is 5. The summed E-state index contributed by atoms with van der Waals surface area (Å²) < 4.78 is 72.0. The third-order valence-electron chi connectivity index (χ3n) is 6.16. The smallest absolute Gasteiger partial charge is 0.433 e. The summed E-state index contributed by atoms with van der Waals surface area (Å²) in [6.45, 7) is 2.15. The summed E-state index contributed by atoms with van der Waals surface area (Å²) in [5.74, 6) is -1.54. The molecule has 4 rings (SSSR count). The number of para-hydroxylation sites is 1. The number of carbonyl (C=O) groups excluding carboxylic acids is 1.